The lowest BCUT2D eigenvalue weighted by Gasteiger charge is -2.12. The van der Waals surface area contributed by atoms with Crippen molar-refractivity contribution < 1.29 is 0 Å². The third-order valence-corrected chi connectivity index (χ3v) is 3.22. The molecule has 0 fully saturated rings. The second-order valence-corrected chi connectivity index (χ2v) is 4.91. The molecule has 3 aromatic rings. The van der Waals surface area contributed by atoms with E-state index in [1.165, 1.54) is 5.69 Å². The molecule has 0 aliphatic heterocycles. The Bertz CT molecular complexity index is 680. The normalized spacial score (nSPS) is 11.3. The third-order valence-electron chi connectivity index (χ3n) is 3.22. The van der Waals surface area contributed by atoms with Gasteiger partial charge in [-0.15, -0.1) is 0 Å². The fourth-order valence-corrected chi connectivity index (χ4v) is 2.17. The van der Waals surface area contributed by atoms with Crippen LogP contribution in [0.25, 0.3) is 10.9 Å². The first-order valence-corrected chi connectivity index (χ1v) is 6.42. The van der Waals surface area contributed by atoms with E-state index in [4.69, 9.17) is 0 Å². The fourth-order valence-electron chi connectivity index (χ4n) is 2.17. The predicted octanol–water partition coefficient (Wildman–Crippen LogP) is 2.95. The van der Waals surface area contributed by atoms with Crippen molar-refractivity contribution in [3.05, 3.63) is 42.6 Å². The molecular weight excluding hydrogens is 238 g/mol. The lowest BCUT2D eigenvalue weighted by atomic mass is 10.2. The number of fused-ring (bicyclic) bond motifs is 1. The average Bonchev–Trinajstić information content (AvgIpc) is 3.04. The van der Waals surface area contributed by atoms with Crippen molar-refractivity contribution in [3.63, 3.8) is 0 Å². The zero-order chi connectivity index (χ0) is 13.2. The van der Waals surface area contributed by atoms with Gasteiger partial charge in [0.2, 0.25) is 0 Å². The van der Waals surface area contributed by atoms with Crippen LogP contribution < -0.4 is 5.32 Å². The predicted molar refractivity (Wildman–Crippen MR) is 76.0 cm³/mol. The van der Waals surface area contributed by atoms with Crippen LogP contribution in [0.2, 0.25) is 0 Å². The minimum absolute atomic E-state index is 0.425. The minimum Gasteiger partial charge on any atom is -0.379 e. The molecule has 5 heteroatoms. The number of hydrogen-bond acceptors (Lipinski definition) is 3. The Morgan fingerprint density at radius 2 is 2.21 bits per heavy atom. The van der Waals surface area contributed by atoms with Gasteiger partial charge in [-0.1, -0.05) is 0 Å². The van der Waals surface area contributed by atoms with E-state index in [0.717, 1.165) is 23.1 Å². The number of rotatable bonds is 4. The topological polar surface area (TPSA) is 58.5 Å². The van der Waals surface area contributed by atoms with Crippen LogP contribution in [0.1, 0.15) is 25.6 Å². The molecule has 0 spiro atoms. The van der Waals surface area contributed by atoms with Gasteiger partial charge in [0, 0.05) is 23.3 Å². The maximum Gasteiger partial charge on any atom is 0.0951 e. The van der Waals surface area contributed by atoms with Gasteiger partial charge in [-0.2, -0.15) is 5.10 Å². The molecule has 0 saturated carbocycles. The lowest BCUT2D eigenvalue weighted by Crippen LogP contribution is -2.08. The molecular formula is C14H17N5. The van der Waals surface area contributed by atoms with Gasteiger partial charge in [0.1, 0.15) is 0 Å². The van der Waals surface area contributed by atoms with E-state index in [-0.39, 0.29) is 0 Å². The largest absolute Gasteiger partial charge is 0.379 e. The van der Waals surface area contributed by atoms with Gasteiger partial charge in [0.05, 0.1) is 30.3 Å². The van der Waals surface area contributed by atoms with Gasteiger partial charge >= 0.3 is 0 Å². The molecule has 0 atom stereocenters. The molecule has 3 rings (SSSR count). The number of H-pyrrole nitrogens is 1. The summed E-state index contributed by atoms with van der Waals surface area (Å²) >= 11 is 0. The van der Waals surface area contributed by atoms with Gasteiger partial charge in [0.25, 0.3) is 0 Å². The molecule has 0 saturated heterocycles. The zero-order valence-electron chi connectivity index (χ0n) is 11.1. The van der Waals surface area contributed by atoms with Crippen molar-refractivity contribution in [1.82, 2.24) is 19.7 Å². The fraction of sp³-hybridized carbons (Fsp3) is 0.286. The smallest absolute Gasteiger partial charge is 0.0951 e. The number of nitrogens with one attached hydrogen (secondary N) is 2. The highest BCUT2D eigenvalue weighted by atomic mass is 15.1. The van der Waals surface area contributed by atoms with Crippen LogP contribution in [0.4, 0.5) is 5.69 Å². The summed E-state index contributed by atoms with van der Waals surface area (Å²) in [5.41, 5.74) is 3.30. The van der Waals surface area contributed by atoms with E-state index in [1.807, 2.05) is 18.7 Å². The Morgan fingerprint density at radius 3 is 3.05 bits per heavy atom. The van der Waals surface area contributed by atoms with Crippen molar-refractivity contribution in [2.45, 2.75) is 26.4 Å². The van der Waals surface area contributed by atoms with E-state index in [9.17, 15) is 0 Å². The highest BCUT2D eigenvalue weighted by Crippen LogP contribution is 2.17. The molecule has 1 aromatic carbocycles. The molecule has 0 bridgehead atoms. The Balaban J connectivity index is 1.76. The number of aromatic nitrogens is 4. The van der Waals surface area contributed by atoms with Crippen LogP contribution >= 0.6 is 0 Å². The molecule has 0 aliphatic rings. The van der Waals surface area contributed by atoms with E-state index in [2.05, 4.69) is 57.1 Å². The summed E-state index contributed by atoms with van der Waals surface area (Å²) in [6.07, 6.45) is 5.61. The summed E-state index contributed by atoms with van der Waals surface area (Å²) < 4.78 is 2.17. The Morgan fingerprint density at radius 1 is 1.32 bits per heavy atom. The van der Waals surface area contributed by atoms with Crippen molar-refractivity contribution >= 4 is 16.6 Å². The minimum atomic E-state index is 0.425. The zero-order valence-corrected chi connectivity index (χ0v) is 11.1. The molecule has 0 unspecified atom stereocenters. The number of nitrogens with zero attached hydrogens (tertiary/aromatic N) is 3. The SMILES string of the molecule is CC(C)n1cncc1CNc1ccc2cn[nH]c2c1. The van der Waals surface area contributed by atoms with Crippen molar-refractivity contribution in [3.8, 4) is 0 Å². The summed E-state index contributed by atoms with van der Waals surface area (Å²) in [4.78, 5) is 4.20. The highest BCUT2D eigenvalue weighted by Gasteiger charge is 2.05. The maximum absolute atomic E-state index is 4.20. The van der Waals surface area contributed by atoms with Crippen LogP contribution in [-0.2, 0) is 6.54 Å². The van der Waals surface area contributed by atoms with Gasteiger partial charge in [-0.3, -0.25) is 5.10 Å². The van der Waals surface area contributed by atoms with Crippen LogP contribution in [0, 0.1) is 0 Å². The van der Waals surface area contributed by atoms with Gasteiger partial charge in [0.15, 0.2) is 0 Å². The van der Waals surface area contributed by atoms with Crippen molar-refractivity contribution in [2.75, 3.05) is 5.32 Å². The molecule has 0 radical (unpaired) electrons. The quantitative estimate of drug-likeness (QED) is 0.753. The van der Waals surface area contributed by atoms with Crippen molar-refractivity contribution in [2.24, 2.45) is 0 Å². The molecule has 2 heterocycles. The Kier molecular flexibility index (Phi) is 2.95. The van der Waals surface area contributed by atoms with E-state index >= 15 is 0 Å². The van der Waals surface area contributed by atoms with E-state index in [0.29, 0.717) is 6.04 Å². The van der Waals surface area contributed by atoms with E-state index < -0.39 is 0 Å². The Hall–Kier alpha value is -2.30. The van der Waals surface area contributed by atoms with Gasteiger partial charge in [-0.05, 0) is 32.0 Å². The number of anilines is 1. The average molecular weight is 255 g/mol. The van der Waals surface area contributed by atoms with Crippen LogP contribution in [0.5, 0.6) is 0 Å². The molecule has 98 valence electrons. The monoisotopic (exact) mass is 255 g/mol. The Labute approximate surface area is 111 Å². The number of imidazole rings is 1. The summed E-state index contributed by atoms with van der Waals surface area (Å²) in [5.74, 6) is 0. The summed E-state index contributed by atoms with van der Waals surface area (Å²) in [6.45, 7) is 5.07. The molecule has 0 aliphatic carbocycles. The van der Waals surface area contributed by atoms with Crippen LogP contribution in [0.3, 0.4) is 0 Å². The molecule has 2 N–H and O–H groups in total. The molecule has 5 nitrogen and oxygen atoms in total. The van der Waals surface area contributed by atoms with Gasteiger partial charge in [-0.25, -0.2) is 4.98 Å². The van der Waals surface area contributed by atoms with Crippen molar-refractivity contribution in [1.29, 1.82) is 0 Å². The maximum atomic E-state index is 4.20. The number of aromatic amines is 1. The van der Waals surface area contributed by atoms with Crippen LogP contribution in [0.15, 0.2) is 36.9 Å². The van der Waals surface area contributed by atoms with Crippen LogP contribution in [-0.4, -0.2) is 19.7 Å². The first kappa shape index (κ1) is 11.8. The van der Waals surface area contributed by atoms with E-state index in [1.54, 1.807) is 0 Å². The summed E-state index contributed by atoms with van der Waals surface area (Å²) in [5, 5.41) is 11.5. The standard InChI is InChI=1S/C14H17N5/c1-10(2)19-9-15-7-13(19)8-16-12-4-3-11-6-17-18-14(11)5-12/h3-7,9-10,16H,8H2,1-2H3,(H,17,18). The summed E-state index contributed by atoms with van der Waals surface area (Å²) in [7, 11) is 0. The second-order valence-electron chi connectivity index (χ2n) is 4.91. The number of hydrogen-bond donors (Lipinski definition) is 2. The summed E-state index contributed by atoms with van der Waals surface area (Å²) in [6, 6.07) is 6.61. The highest BCUT2D eigenvalue weighted by molar-refractivity contribution is 5.81. The second kappa shape index (κ2) is 4.76. The molecule has 19 heavy (non-hydrogen) atoms. The molecule has 2 aromatic heterocycles. The first-order chi connectivity index (χ1) is 9.24. The third kappa shape index (κ3) is 2.31. The lowest BCUT2D eigenvalue weighted by molar-refractivity contribution is 0.577. The van der Waals surface area contributed by atoms with Gasteiger partial charge < -0.3 is 9.88 Å². The first-order valence-electron chi connectivity index (χ1n) is 6.42. The number of benzene rings is 1. The molecule has 0 amide bonds.